The van der Waals surface area contributed by atoms with E-state index in [-0.39, 0.29) is 11.9 Å². The second-order valence-electron chi connectivity index (χ2n) is 5.64. The van der Waals surface area contributed by atoms with Crippen LogP contribution in [-0.4, -0.2) is 25.2 Å². The van der Waals surface area contributed by atoms with Crippen molar-refractivity contribution in [1.29, 1.82) is 0 Å². The van der Waals surface area contributed by atoms with E-state index in [4.69, 9.17) is 9.47 Å². The van der Waals surface area contributed by atoms with Crippen molar-refractivity contribution in [3.63, 3.8) is 0 Å². The van der Waals surface area contributed by atoms with E-state index in [1.165, 1.54) is 0 Å². The van der Waals surface area contributed by atoms with Gasteiger partial charge >= 0.3 is 0 Å². The standard InChI is InChI=1S/C18H29NO3/c1-5-7-12-22-16-10-8-15(13-17(16)21-6-2)9-11-18(20)19-14(3)4/h8,10,13-14H,5-7,9,11-12H2,1-4H3,(H,19,20). The second-order valence-corrected chi connectivity index (χ2v) is 5.64. The Labute approximate surface area is 134 Å². The van der Waals surface area contributed by atoms with Crippen LogP contribution in [0.3, 0.4) is 0 Å². The van der Waals surface area contributed by atoms with Crippen LogP contribution in [0.25, 0.3) is 0 Å². The number of rotatable bonds is 10. The first-order valence-corrected chi connectivity index (χ1v) is 8.24. The number of nitrogens with one attached hydrogen (secondary N) is 1. The molecule has 0 saturated heterocycles. The van der Waals surface area contributed by atoms with Crippen molar-refractivity contribution in [3.8, 4) is 11.5 Å². The summed E-state index contributed by atoms with van der Waals surface area (Å²) >= 11 is 0. The number of carbonyl (C=O) groups excluding carboxylic acids is 1. The monoisotopic (exact) mass is 307 g/mol. The number of carbonyl (C=O) groups is 1. The Balaban J connectivity index is 2.64. The first kappa shape index (κ1) is 18.3. The number of aryl methyl sites for hydroxylation is 1. The summed E-state index contributed by atoms with van der Waals surface area (Å²) < 4.78 is 11.4. The van der Waals surface area contributed by atoms with Crippen molar-refractivity contribution in [2.24, 2.45) is 0 Å². The minimum Gasteiger partial charge on any atom is -0.490 e. The van der Waals surface area contributed by atoms with Gasteiger partial charge in [-0.1, -0.05) is 19.4 Å². The summed E-state index contributed by atoms with van der Waals surface area (Å²) in [4.78, 5) is 11.7. The van der Waals surface area contributed by atoms with Crippen LogP contribution in [0.5, 0.6) is 11.5 Å². The van der Waals surface area contributed by atoms with E-state index < -0.39 is 0 Å². The zero-order valence-electron chi connectivity index (χ0n) is 14.3. The third-order valence-corrected chi connectivity index (χ3v) is 3.15. The molecule has 1 amide bonds. The van der Waals surface area contributed by atoms with Crippen LogP contribution in [0, 0.1) is 0 Å². The Hall–Kier alpha value is -1.71. The summed E-state index contributed by atoms with van der Waals surface area (Å²) in [6, 6.07) is 6.11. The van der Waals surface area contributed by atoms with Gasteiger partial charge < -0.3 is 14.8 Å². The summed E-state index contributed by atoms with van der Waals surface area (Å²) in [5, 5.41) is 2.90. The number of amides is 1. The number of hydrogen-bond donors (Lipinski definition) is 1. The maximum Gasteiger partial charge on any atom is 0.220 e. The SMILES string of the molecule is CCCCOc1ccc(CCC(=O)NC(C)C)cc1OCC. The van der Waals surface area contributed by atoms with E-state index in [0.717, 1.165) is 29.9 Å². The first-order valence-electron chi connectivity index (χ1n) is 8.24. The molecule has 1 aromatic rings. The molecule has 0 aliphatic heterocycles. The topological polar surface area (TPSA) is 47.6 Å². The molecule has 22 heavy (non-hydrogen) atoms. The van der Waals surface area contributed by atoms with Crippen molar-refractivity contribution in [3.05, 3.63) is 23.8 Å². The molecule has 0 radical (unpaired) electrons. The minimum absolute atomic E-state index is 0.0798. The van der Waals surface area contributed by atoms with Crippen LogP contribution in [0.4, 0.5) is 0 Å². The van der Waals surface area contributed by atoms with Gasteiger partial charge in [-0.3, -0.25) is 4.79 Å². The average Bonchev–Trinajstić information content (AvgIpc) is 2.47. The van der Waals surface area contributed by atoms with Gasteiger partial charge in [0.25, 0.3) is 0 Å². The second kappa shape index (κ2) is 10.1. The van der Waals surface area contributed by atoms with E-state index in [0.29, 0.717) is 26.1 Å². The fourth-order valence-electron chi connectivity index (χ4n) is 2.07. The molecular formula is C18H29NO3. The minimum atomic E-state index is 0.0798. The molecule has 0 aromatic heterocycles. The van der Waals surface area contributed by atoms with Gasteiger partial charge in [0, 0.05) is 12.5 Å². The molecule has 1 rings (SSSR count). The van der Waals surface area contributed by atoms with Crippen LogP contribution in [-0.2, 0) is 11.2 Å². The molecule has 0 aliphatic rings. The Morgan fingerprint density at radius 3 is 2.59 bits per heavy atom. The predicted molar refractivity (Wildman–Crippen MR) is 89.6 cm³/mol. The molecule has 0 saturated carbocycles. The predicted octanol–water partition coefficient (Wildman–Crippen LogP) is 3.72. The molecule has 0 fully saturated rings. The van der Waals surface area contributed by atoms with E-state index >= 15 is 0 Å². The van der Waals surface area contributed by atoms with Crippen LogP contribution >= 0.6 is 0 Å². The lowest BCUT2D eigenvalue weighted by atomic mass is 10.1. The van der Waals surface area contributed by atoms with Crippen LogP contribution in [0.1, 0.15) is 52.5 Å². The molecule has 0 heterocycles. The lowest BCUT2D eigenvalue weighted by Crippen LogP contribution is -2.30. The highest BCUT2D eigenvalue weighted by molar-refractivity contribution is 5.76. The van der Waals surface area contributed by atoms with Gasteiger partial charge in [0.1, 0.15) is 0 Å². The van der Waals surface area contributed by atoms with Gasteiger partial charge in [-0.15, -0.1) is 0 Å². The Morgan fingerprint density at radius 1 is 1.18 bits per heavy atom. The van der Waals surface area contributed by atoms with Crippen molar-refractivity contribution >= 4 is 5.91 Å². The maximum absolute atomic E-state index is 11.7. The highest BCUT2D eigenvalue weighted by Gasteiger charge is 2.09. The molecule has 124 valence electrons. The third-order valence-electron chi connectivity index (χ3n) is 3.15. The highest BCUT2D eigenvalue weighted by atomic mass is 16.5. The van der Waals surface area contributed by atoms with Crippen LogP contribution < -0.4 is 14.8 Å². The number of ether oxygens (including phenoxy) is 2. The summed E-state index contributed by atoms with van der Waals surface area (Å²) in [6.45, 7) is 9.33. The quantitative estimate of drug-likeness (QED) is 0.670. The number of benzene rings is 1. The van der Waals surface area contributed by atoms with E-state index in [9.17, 15) is 4.79 Å². The van der Waals surface area contributed by atoms with Crippen LogP contribution in [0.2, 0.25) is 0 Å². The van der Waals surface area contributed by atoms with E-state index in [1.54, 1.807) is 0 Å². The van der Waals surface area contributed by atoms with Crippen molar-refractivity contribution in [2.75, 3.05) is 13.2 Å². The summed E-state index contributed by atoms with van der Waals surface area (Å²) in [7, 11) is 0. The smallest absolute Gasteiger partial charge is 0.220 e. The summed E-state index contributed by atoms with van der Waals surface area (Å²) in [6.07, 6.45) is 3.32. The summed E-state index contributed by atoms with van der Waals surface area (Å²) in [5.74, 6) is 1.63. The van der Waals surface area contributed by atoms with Crippen LogP contribution in [0.15, 0.2) is 18.2 Å². The molecule has 4 heteroatoms. The number of hydrogen-bond acceptors (Lipinski definition) is 3. The third kappa shape index (κ3) is 6.83. The van der Waals surface area contributed by atoms with E-state index in [2.05, 4.69) is 12.2 Å². The lowest BCUT2D eigenvalue weighted by Gasteiger charge is -2.13. The zero-order chi connectivity index (χ0) is 16.4. The van der Waals surface area contributed by atoms with Crippen molar-refractivity contribution in [2.45, 2.75) is 59.4 Å². The zero-order valence-corrected chi connectivity index (χ0v) is 14.3. The Kier molecular flexibility index (Phi) is 8.41. The van der Waals surface area contributed by atoms with Gasteiger partial charge in [0.05, 0.1) is 13.2 Å². The normalized spacial score (nSPS) is 10.6. The molecule has 0 unspecified atom stereocenters. The molecule has 0 atom stereocenters. The Morgan fingerprint density at radius 2 is 1.95 bits per heavy atom. The van der Waals surface area contributed by atoms with Gasteiger partial charge in [-0.25, -0.2) is 0 Å². The highest BCUT2D eigenvalue weighted by Crippen LogP contribution is 2.29. The molecule has 1 aromatic carbocycles. The Bertz CT molecular complexity index is 458. The number of unbranched alkanes of at least 4 members (excludes halogenated alkanes) is 1. The average molecular weight is 307 g/mol. The maximum atomic E-state index is 11.7. The fourth-order valence-corrected chi connectivity index (χ4v) is 2.07. The lowest BCUT2D eigenvalue weighted by molar-refractivity contribution is -0.121. The van der Waals surface area contributed by atoms with Gasteiger partial charge in [-0.05, 0) is 51.3 Å². The van der Waals surface area contributed by atoms with Gasteiger partial charge in [0.15, 0.2) is 11.5 Å². The molecule has 0 aliphatic carbocycles. The van der Waals surface area contributed by atoms with Gasteiger partial charge in [0.2, 0.25) is 5.91 Å². The molecule has 1 N–H and O–H groups in total. The van der Waals surface area contributed by atoms with Gasteiger partial charge in [-0.2, -0.15) is 0 Å². The molecule has 0 bridgehead atoms. The van der Waals surface area contributed by atoms with Crippen molar-refractivity contribution < 1.29 is 14.3 Å². The summed E-state index contributed by atoms with van der Waals surface area (Å²) in [5.41, 5.74) is 1.09. The largest absolute Gasteiger partial charge is 0.490 e. The molecule has 0 spiro atoms. The molecular weight excluding hydrogens is 278 g/mol. The van der Waals surface area contributed by atoms with Crippen molar-refractivity contribution in [1.82, 2.24) is 5.32 Å². The fraction of sp³-hybridized carbons (Fsp3) is 0.611. The first-order chi connectivity index (χ1) is 10.6. The van der Waals surface area contributed by atoms with E-state index in [1.807, 2.05) is 39.0 Å². The molecule has 4 nitrogen and oxygen atoms in total.